The molecule has 0 heterocycles. The first-order chi connectivity index (χ1) is 17.1. The first-order valence-electron chi connectivity index (χ1n) is 11.7. The van der Waals surface area contributed by atoms with Crippen LogP contribution >= 0.6 is 0 Å². The summed E-state index contributed by atoms with van der Waals surface area (Å²) < 4.78 is 10.2. The second-order valence-corrected chi connectivity index (χ2v) is 15.3. The molecule has 36 heavy (non-hydrogen) atoms. The molecule has 1 amide bonds. The Hall–Kier alpha value is -3.85. The predicted molar refractivity (Wildman–Crippen MR) is 143 cm³/mol. The molecule has 0 spiro atoms. The van der Waals surface area contributed by atoms with Gasteiger partial charge in [0.15, 0.2) is 0 Å². The Kier molecular flexibility index (Phi) is 8.71. The number of methoxy groups -OCH3 is 1. The smallest absolute Gasteiger partial charge is 0.407 e. The topological polar surface area (TPSA) is 114 Å². The van der Waals surface area contributed by atoms with Crippen molar-refractivity contribution in [3.8, 4) is 0 Å². The van der Waals surface area contributed by atoms with Crippen molar-refractivity contribution >= 4 is 48.3 Å². The van der Waals surface area contributed by atoms with Crippen molar-refractivity contribution in [3.63, 3.8) is 0 Å². The molecule has 0 radical (unpaired) electrons. The molecule has 0 fully saturated rings. The zero-order chi connectivity index (χ0) is 26.3. The third-order valence-electron chi connectivity index (χ3n) is 5.72. The lowest BCUT2D eigenvalue weighted by atomic mass is 9.97. The van der Waals surface area contributed by atoms with Gasteiger partial charge < -0.3 is 25.2 Å². The maximum atomic E-state index is 12.9. The Morgan fingerprint density at radius 3 is 2.25 bits per heavy atom. The number of anilines is 2. The maximum absolute atomic E-state index is 12.9. The van der Waals surface area contributed by atoms with E-state index in [1.165, 1.54) is 13.2 Å². The van der Waals surface area contributed by atoms with E-state index in [-0.39, 0.29) is 12.0 Å². The number of ether oxygens (including phenoxy) is 2. The molecule has 190 valence electrons. The average Bonchev–Trinajstić information content (AvgIpc) is 2.84. The molecule has 0 saturated heterocycles. The minimum atomic E-state index is -1.39. The zero-order valence-corrected chi connectivity index (χ0v) is 22.0. The number of para-hydroxylation sites is 1. The molecule has 8 nitrogen and oxygen atoms in total. The van der Waals surface area contributed by atoms with Crippen molar-refractivity contribution in [2.75, 3.05) is 19.0 Å². The van der Waals surface area contributed by atoms with Crippen LogP contribution in [0.25, 0.3) is 10.8 Å². The number of esters is 1. The van der Waals surface area contributed by atoms with Crippen LogP contribution in [0.15, 0.2) is 60.7 Å². The van der Waals surface area contributed by atoms with Gasteiger partial charge in [0.1, 0.15) is 6.04 Å². The molecule has 3 N–H and O–H groups in total. The fourth-order valence-electron chi connectivity index (χ4n) is 3.74. The standard InChI is InChI=1S/C27H32N2O6Si/c1-34-27(33)29-24(26(32)35-15-16-36(2,3)4)17-18-13-14-23(20-10-6-5-9-19(18)20)28-22-12-8-7-11-21(22)25(30)31/h5-14,24,28H,15-17H2,1-4H3,(H,29,33)(H,30,31). The molecule has 0 aliphatic carbocycles. The van der Waals surface area contributed by atoms with E-state index in [1.807, 2.05) is 36.4 Å². The van der Waals surface area contributed by atoms with E-state index >= 15 is 0 Å². The Morgan fingerprint density at radius 1 is 0.917 bits per heavy atom. The van der Waals surface area contributed by atoms with Crippen LogP contribution in [0, 0.1) is 0 Å². The van der Waals surface area contributed by atoms with E-state index in [9.17, 15) is 19.5 Å². The summed E-state index contributed by atoms with van der Waals surface area (Å²) in [6.07, 6.45) is -0.511. The third kappa shape index (κ3) is 7.08. The lowest BCUT2D eigenvalue weighted by molar-refractivity contribution is -0.145. The van der Waals surface area contributed by atoms with Crippen LogP contribution in [0.1, 0.15) is 15.9 Å². The quantitative estimate of drug-likeness (QED) is 0.247. The lowest BCUT2D eigenvalue weighted by Crippen LogP contribution is -2.43. The summed E-state index contributed by atoms with van der Waals surface area (Å²) in [5.74, 6) is -1.54. The maximum Gasteiger partial charge on any atom is 0.407 e. The molecule has 9 heteroatoms. The van der Waals surface area contributed by atoms with E-state index in [4.69, 9.17) is 9.47 Å². The number of aromatic carboxylic acids is 1. The van der Waals surface area contributed by atoms with Crippen LogP contribution in [0.4, 0.5) is 16.2 Å². The highest BCUT2D eigenvalue weighted by Gasteiger charge is 2.25. The summed E-state index contributed by atoms with van der Waals surface area (Å²) in [7, 11) is -0.147. The summed E-state index contributed by atoms with van der Waals surface area (Å²) in [5.41, 5.74) is 2.18. The molecule has 3 aromatic rings. The first kappa shape index (κ1) is 26.7. The number of carboxylic acids is 1. The Morgan fingerprint density at radius 2 is 1.58 bits per heavy atom. The Labute approximate surface area is 211 Å². The number of amides is 1. The second-order valence-electron chi connectivity index (χ2n) is 9.66. The van der Waals surface area contributed by atoms with Gasteiger partial charge >= 0.3 is 18.0 Å². The number of alkyl carbamates (subject to hydrolysis) is 1. The number of carbonyl (C=O) groups is 3. The molecule has 1 unspecified atom stereocenters. The van der Waals surface area contributed by atoms with Crippen LogP contribution in [0.2, 0.25) is 25.7 Å². The van der Waals surface area contributed by atoms with Crippen molar-refractivity contribution in [1.82, 2.24) is 5.32 Å². The normalized spacial score (nSPS) is 12.0. The van der Waals surface area contributed by atoms with Crippen molar-refractivity contribution in [1.29, 1.82) is 0 Å². The Balaban J connectivity index is 1.90. The minimum Gasteiger partial charge on any atom is -0.478 e. The number of benzene rings is 3. The number of fused-ring (bicyclic) bond motifs is 1. The summed E-state index contributed by atoms with van der Waals surface area (Å²) in [6, 6.07) is 17.9. The van der Waals surface area contributed by atoms with E-state index in [0.29, 0.717) is 12.3 Å². The minimum absolute atomic E-state index is 0.161. The van der Waals surface area contributed by atoms with Gasteiger partial charge in [-0.3, -0.25) is 0 Å². The molecule has 1 atom stereocenters. The van der Waals surface area contributed by atoms with Crippen molar-refractivity contribution in [2.45, 2.75) is 38.1 Å². The number of rotatable bonds is 10. The van der Waals surface area contributed by atoms with Gasteiger partial charge in [-0.1, -0.05) is 62.1 Å². The van der Waals surface area contributed by atoms with E-state index < -0.39 is 32.1 Å². The van der Waals surface area contributed by atoms with Crippen molar-refractivity contribution in [2.24, 2.45) is 0 Å². The van der Waals surface area contributed by atoms with Gasteiger partial charge in [0.25, 0.3) is 0 Å². The van der Waals surface area contributed by atoms with Crippen LogP contribution in [0.5, 0.6) is 0 Å². The van der Waals surface area contributed by atoms with Crippen LogP contribution in [-0.4, -0.2) is 51.0 Å². The number of carbonyl (C=O) groups excluding carboxylic acids is 2. The molecular weight excluding hydrogens is 476 g/mol. The number of nitrogens with one attached hydrogen (secondary N) is 2. The molecule has 0 aliphatic heterocycles. The van der Waals surface area contributed by atoms with Crippen molar-refractivity contribution < 1.29 is 29.0 Å². The highest BCUT2D eigenvalue weighted by Crippen LogP contribution is 2.31. The molecule has 0 saturated carbocycles. The van der Waals surface area contributed by atoms with Crippen molar-refractivity contribution in [3.05, 3.63) is 71.8 Å². The second kappa shape index (κ2) is 11.7. The van der Waals surface area contributed by atoms with Gasteiger partial charge in [-0.05, 0) is 35.2 Å². The SMILES string of the molecule is COC(=O)NC(Cc1ccc(Nc2ccccc2C(=O)O)c2ccccc12)C(=O)OCC[Si](C)(C)C. The van der Waals surface area contributed by atoms with Gasteiger partial charge in [0.05, 0.1) is 25.0 Å². The first-order valence-corrected chi connectivity index (χ1v) is 15.4. The highest BCUT2D eigenvalue weighted by molar-refractivity contribution is 6.76. The molecule has 0 aliphatic rings. The molecule has 0 bridgehead atoms. The fraction of sp³-hybridized carbons (Fsp3) is 0.296. The number of hydrogen-bond donors (Lipinski definition) is 3. The predicted octanol–water partition coefficient (Wildman–Crippen LogP) is 5.43. The van der Waals surface area contributed by atoms with Crippen LogP contribution in [-0.2, 0) is 20.7 Å². The summed E-state index contributed by atoms with van der Waals surface area (Å²) in [6.45, 7) is 6.89. The van der Waals surface area contributed by atoms with Gasteiger partial charge in [-0.2, -0.15) is 0 Å². The third-order valence-corrected chi connectivity index (χ3v) is 7.43. The fourth-order valence-corrected chi connectivity index (χ4v) is 4.46. The summed E-state index contributed by atoms with van der Waals surface area (Å²) in [5, 5.41) is 17.1. The van der Waals surface area contributed by atoms with Gasteiger partial charge in [0.2, 0.25) is 0 Å². The van der Waals surface area contributed by atoms with E-state index in [1.54, 1.807) is 18.2 Å². The molecule has 3 rings (SSSR count). The van der Waals surface area contributed by atoms with Gasteiger partial charge in [-0.25, -0.2) is 14.4 Å². The summed E-state index contributed by atoms with van der Waals surface area (Å²) in [4.78, 5) is 36.5. The van der Waals surface area contributed by atoms with E-state index in [0.717, 1.165) is 28.1 Å². The van der Waals surface area contributed by atoms with Gasteiger partial charge in [0, 0.05) is 25.6 Å². The van der Waals surface area contributed by atoms with Crippen LogP contribution in [0.3, 0.4) is 0 Å². The lowest BCUT2D eigenvalue weighted by Gasteiger charge is -2.21. The van der Waals surface area contributed by atoms with Crippen LogP contribution < -0.4 is 10.6 Å². The zero-order valence-electron chi connectivity index (χ0n) is 21.0. The average molecular weight is 509 g/mol. The summed E-state index contributed by atoms with van der Waals surface area (Å²) >= 11 is 0. The Bertz CT molecular complexity index is 1250. The number of hydrogen-bond acceptors (Lipinski definition) is 6. The monoisotopic (exact) mass is 508 g/mol. The largest absolute Gasteiger partial charge is 0.478 e. The number of carboxylic acid groups (broad SMARTS) is 1. The molecular formula is C27H32N2O6Si. The van der Waals surface area contributed by atoms with Gasteiger partial charge in [-0.15, -0.1) is 0 Å². The molecule has 0 aromatic heterocycles. The molecule has 3 aromatic carbocycles. The highest BCUT2D eigenvalue weighted by atomic mass is 28.3. The van der Waals surface area contributed by atoms with E-state index in [2.05, 4.69) is 30.3 Å².